The highest BCUT2D eigenvalue weighted by Gasteiger charge is 2.24. The number of nitrogens with zero attached hydrogens (tertiary/aromatic N) is 1. The van der Waals surface area contributed by atoms with Crippen LogP contribution in [0.2, 0.25) is 0 Å². The van der Waals surface area contributed by atoms with Crippen LogP contribution < -0.4 is 10.6 Å². The molecule has 1 unspecified atom stereocenters. The standard InChI is InChI=1S/C15H33N3O4S.HI/c1-7-16-14(18-12-13(21-5)15(2,3)4)17-8-9-22-10-11-23(6,19)20;/h13H,7-12H2,1-6H3,(H2,16,17,18);1H. The zero-order valence-electron chi connectivity index (χ0n) is 15.7. The highest BCUT2D eigenvalue weighted by atomic mass is 127. The van der Waals surface area contributed by atoms with Gasteiger partial charge in [-0.2, -0.15) is 0 Å². The predicted octanol–water partition coefficient (Wildman–Crippen LogP) is 1.28. The second-order valence-corrected chi connectivity index (χ2v) is 8.74. The summed E-state index contributed by atoms with van der Waals surface area (Å²) in [6.07, 6.45) is 1.23. The molecule has 0 fully saturated rings. The van der Waals surface area contributed by atoms with Crippen LogP contribution in [0.5, 0.6) is 0 Å². The Labute approximate surface area is 164 Å². The molecule has 0 aromatic heterocycles. The van der Waals surface area contributed by atoms with Crippen LogP contribution in [0.15, 0.2) is 4.99 Å². The third kappa shape index (κ3) is 14.2. The number of hydrogen-bond donors (Lipinski definition) is 2. The van der Waals surface area contributed by atoms with Crippen LogP contribution in [0.25, 0.3) is 0 Å². The number of sulfone groups is 1. The molecule has 0 aliphatic carbocycles. The SMILES string of the molecule is CCNC(=NCC(OC)C(C)(C)C)NCCOCCS(C)(=O)=O.I. The van der Waals surface area contributed by atoms with Crippen LogP contribution in [0.3, 0.4) is 0 Å². The molecule has 0 bridgehead atoms. The molecule has 0 aromatic rings. The van der Waals surface area contributed by atoms with E-state index in [-0.39, 0.29) is 47.9 Å². The van der Waals surface area contributed by atoms with E-state index in [9.17, 15) is 8.42 Å². The Hall–Kier alpha value is -0.130. The van der Waals surface area contributed by atoms with Gasteiger partial charge < -0.3 is 20.1 Å². The van der Waals surface area contributed by atoms with Gasteiger partial charge in [0.05, 0.1) is 31.6 Å². The quantitative estimate of drug-likeness (QED) is 0.213. The molecule has 0 aromatic carbocycles. The average molecular weight is 479 g/mol. The number of rotatable bonds is 10. The van der Waals surface area contributed by atoms with Gasteiger partial charge in [-0.1, -0.05) is 20.8 Å². The summed E-state index contributed by atoms with van der Waals surface area (Å²) in [6, 6.07) is 0. The lowest BCUT2D eigenvalue weighted by Gasteiger charge is -2.28. The lowest BCUT2D eigenvalue weighted by Crippen LogP contribution is -2.40. The molecule has 0 spiro atoms. The maximum atomic E-state index is 11.0. The van der Waals surface area contributed by atoms with E-state index in [1.165, 1.54) is 6.26 Å². The normalized spacial score (nSPS) is 14.0. The van der Waals surface area contributed by atoms with Crippen molar-refractivity contribution in [3.63, 3.8) is 0 Å². The summed E-state index contributed by atoms with van der Waals surface area (Å²) in [4.78, 5) is 4.53. The molecule has 0 radical (unpaired) electrons. The summed E-state index contributed by atoms with van der Waals surface area (Å²) in [7, 11) is -1.27. The van der Waals surface area contributed by atoms with Crippen molar-refractivity contribution < 1.29 is 17.9 Å². The van der Waals surface area contributed by atoms with Crippen LogP contribution in [0.4, 0.5) is 0 Å². The highest BCUT2D eigenvalue weighted by Crippen LogP contribution is 2.21. The minimum absolute atomic E-state index is 0. The molecule has 0 saturated heterocycles. The Morgan fingerprint density at radius 1 is 1.21 bits per heavy atom. The van der Waals surface area contributed by atoms with Crippen molar-refractivity contribution in [1.29, 1.82) is 0 Å². The van der Waals surface area contributed by atoms with Crippen molar-refractivity contribution in [1.82, 2.24) is 10.6 Å². The van der Waals surface area contributed by atoms with Gasteiger partial charge in [0.15, 0.2) is 5.96 Å². The van der Waals surface area contributed by atoms with E-state index in [0.717, 1.165) is 6.54 Å². The van der Waals surface area contributed by atoms with E-state index in [1.54, 1.807) is 7.11 Å². The molecule has 9 heteroatoms. The van der Waals surface area contributed by atoms with Crippen LogP contribution in [-0.2, 0) is 19.3 Å². The molecule has 2 N–H and O–H groups in total. The molecule has 0 aliphatic rings. The average Bonchev–Trinajstić information content (AvgIpc) is 2.40. The second-order valence-electron chi connectivity index (χ2n) is 6.48. The van der Waals surface area contributed by atoms with Crippen LogP contribution in [0.1, 0.15) is 27.7 Å². The number of guanidine groups is 1. The molecule has 0 amide bonds. The first-order valence-electron chi connectivity index (χ1n) is 7.90. The van der Waals surface area contributed by atoms with Crippen LogP contribution >= 0.6 is 24.0 Å². The number of hydrogen-bond acceptors (Lipinski definition) is 5. The van der Waals surface area contributed by atoms with Crippen molar-refractivity contribution in [3.05, 3.63) is 0 Å². The fourth-order valence-electron chi connectivity index (χ4n) is 1.77. The summed E-state index contributed by atoms with van der Waals surface area (Å²) in [5.41, 5.74) is 0.0182. The maximum Gasteiger partial charge on any atom is 0.191 e. The highest BCUT2D eigenvalue weighted by molar-refractivity contribution is 14.0. The Morgan fingerprint density at radius 2 is 1.83 bits per heavy atom. The van der Waals surface area contributed by atoms with E-state index in [4.69, 9.17) is 9.47 Å². The Bertz CT molecular complexity index is 450. The Balaban J connectivity index is 0. The molecular weight excluding hydrogens is 445 g/mol. The summed E-state index contributed by atoms with van der Waals surface area (Å²) in [6.45, 7) is 10.9. The van der Waals surface area contributed by atoms with Gasteiger partial charge in [-0.05, 0) is 12.3 Å². The van der Waals surface area contributed by atoms with E-state index < -0.39 is 9.84 Å². The third-order valence-electron chi connectivity index (χ3n) is 3.15. The van der Waals surface area contributed by atoms with Crippen molar-refractivity contribution in [2.24, 2.45) is 10.4 Å². The topological polar surface area (TPSA) is 89.0 Å². The number of ether oxygens (including phenoxy) is 2. The molecule has 0 aliphatic heterocycles. The number of nitrogens with one attached hydrogen (secondary N) is 2. The first-order chi connectivity index (χ1) is 10.6. The number of halogens is 1. The minimum Gasteiger partial charge on any atom is -0.379 e. The monoisotopic (exact) mass is 479 g/mol. The fraction of sp³-hybridized carbons (Fsp3) is 0.933. The Morgan fingerprint density at radius 3 is 2.29 bits per heavy atom. The fourth-order valence-corrected chi connectivity index (χ4v) is 2.19. The van der Waals surface area contributed by atoms with Gasteiger partial charge in [0.25, 0.3) is 0 Å². The predicted molar refractivity (Wildman–Crippen MR) is 110 cm³/mol. The molecule has 146 valence electrons. The van der Waals surface area contributed by atoms with Gasteiger partial charge in [-0.15, -0.1) is 24.0 Å². The maximum absolute atomic E-state index is 11.0. The second kappa shape index (κ2) is 13.1. The van der Waals surface area contributed by atoms with Crippen molar-refractivity contribution in [2.75, 3.05) is 52.0 Å². The first-order valence-corrected chi connectivity index (χ1v) is 9.96. The molecule has 0 heterocycles. The van der Waals surface area contributed by atoms with Crippen LogP contribution in [-0.4, -0.2) is 72.4 Å². The summed E-state index contributed by atoms with van der Waals surface area (Å²) in [5.74, 6) is 0.743. The van der Waals surface area contributed by atoms with E-state index in [0.29, 0.717) is 25.7 Å². The number of aliphatic imine (C=N–C) groups is 1. The first kappa shape index (κ1) is 26.1. The van der Waals surface area contributed by atoms with Gasteiger partial charge in [0.2, 0.25) is 0 Å². The molecular formula is C15H34IN3O4S. The molecule has 0 saturated carbocycles. The van der Waals surface area contributed by atoms with Gasteiger partial charge in [-0.3, -0.25) is 4.99 Å². The largest absolute Gasteiger partial charge is 0.379 e. The lowest BCUT2D eigenvalue weighted by molar-refractivity contribution is 0.0241. The van der Waals surface area contributed by atoms with Crippen LogP contribution in [0, 0.1) is 5.41 Å². The lowest BCUT2D eigenvalue weighted by atomic mass is 9.89. The molecule has 0 rings (SSSR count). The van der Waals surface area contributed by atoms with E-state index >= 15 is 0 Å². The third-order valence-corrected chi connectivity index (χ3v) is 4.06. The van der Waals surface area contributed by atoms with Crippen molar-refractivity contribution in [3.8, 4) is 0 Å². The smallest absolute Gasteiger partial charge is 0.191 e. The molecule has 24 heavy (non-hydrogen) atoms. The zero-order valence-corrected chi connectivity index (χ0v) is 18.9. The van der Waals surface area contributed by atoms with Gasteiger partial charge >= 0.3 is 0 Å². The minimum atomic E-state index is -2.97. The molecule has 1 atom stereocenters. The Kier molecular flexibility index (Phi) is 14.3. The van der Waals surface area contributed by atoms with Crippen molar-refractivity contribution >= 4 is 39.8 Å². The van der Waals surface area contributed by atoms with Gasteiger partial charge in [0.1, 0.15) is 9.84 Å². The van der Waals surface area contributed by atoms with E-state index in [2.05, 4.69) is 36.4 Å². The summed E-state index contributed by atoms with van der Waals surface area (Å²) < 4.78 is 32.7. The van der Waals surface area contributed by atoms with E-state index in [1.807, 2.05) is 6.92 Å². The summed E-state index contributed by atoms with van der Waals surface area (Å²) >= 11 is 0. The van der Waals surface area contributed by atoms with Gasteiger partial charge in [-0.25, -0.2) is 8.42 Å². The molecule has 7 nitrogen and oxygen atoms in total. The number of methoxy groups -OCH3 is 1. The summed E-state index contributed by atoms with van der Waals surface area (Å²) in [5, 5.41) is 6.32. The van der Waals surface area contributed by atoms with Gasteiger partial charge in [0, 0.05) is 26.5 Å². The van der Waals surface area contributed by atoms with Crippen molar-refractivity contribution in [2.45, 2.75) is 33.8 Å². The zero-order chi connectivity index (χ0) is 17.9.